The van der Waals surface area contributed by atoms with E-state index in [4.69, 9.17) is 16.3 Å². The highest BCUT2D eigenvalue weighted by Crippen LogP contribution is 2.41. The Kier molecular flexibility index (Phi) is 5.38. The molecule has 0 spiro atoms. The van der Waals surface area contributed by atoms with Gasteiger partial charge in [-0.05, 0) is 69.3 Å². The topological polar surface area (TPSA) is 54.5 Å². The molecule has 150 valence electrons. The molecule has 2 aliphatic heterocycles. The number of amides is 1. The molecule has 2 saturated heterocycles. The Bertz CT molecular complexity index is 850. The van der Waals surface area contributed by atoms with Gasteiger partial charge < -0.3 is 10.1 Å². The molecule has 0 radical (unpaired) electrons. The van der Waals surface area contributed by atoms with Gasteiger partial charge in [-0.25, -0.2) is 9.17 Å². The number of hydrogen-bond donors (Lipinski definition) is 1. The predicted molar refractivity (Wildman–Crippen MR) is 113 cm³/mol. The van der Waals surface area contributed by atoms with E-state index < -0.39 is 5.60 Å². The highest BCUT2D eigenvalue weighted by molar-refractivity contribution is 7.09. The van der Waals surface area contributed by atoms with Crippen molar-refractivity contribution < 1.29 is 9.53 Å². The number of fused-ring (bicyclic) bond motifs is 2. The monoisotopic (exact) mass is 419 g/mol. The molecule has 1 aromatic carbocycles. The molecule has 1 amide bonds. The zero-order valence-corrected chi connectivity index (χ0v) is 18.0. The smallest absolute Gasteiger partial charge is 0.407 e. The number of benzene rings is 1. The number of aromatic nitrogens is 1. The van der Waals surface area contributed by atoms with Gasteiger partial charge in [0.15, 0.2) is 0 Å². The Hall–Kier alpha value is -1.63. The Morgan fingerprint density at radius 1 is 1.36 bits per heavy atom. The van der Waals surface area contributed by atoms with Crippen molar-refractivity contribution in [2.75, 3.05) is 0 Å². The third kappa shape index (κ3) is 4.04. The van der Waals surface area contributed by atoms with Crippen molar-refractivity contribution in [1.82, 2.24) is 14.6 Å². The van der Waals surface area contributed by atoms with Gasteiger partial charge in [-0.15, -0.1) is 0 Å². The van der Waals surface area contributed by atoms with Gasteiger partial charge in [0.1, 0.15) is 5.60 Å². The first-order valence-electron chi connectivity index (χ1n) is 9.75. The molecule has 2 aliphatic rings. The minimum atomic E-state index is -0.480. The van der Waals surface area contributed by atoms with Crippen molar-refractivity contribution in [3.05, 3.63) is 41.0 Å². The Morgan fingerprint density at radius 3 is 2.89 bits per heavy atom. The van der Waals surface area contributed by atoms with Crippen molar-refractivity contribution in [3.8, 4) is 10.4 Å². The van der Waals surface area contributed by atoms with E-state index in [1.165, 1.54) is 23.5 Å². The summed E-state index contributed by atoms with van der Waals surface area (Å²) in [5.41, 5.74) is 1.81. The summed E-state index contributed by atoms with van der Waals surface area (Å²) in [6.07, 6.45) is 4.74. The summed E-state index contributed by atoms with van der Waals surface area (Å²) in [7, 11) is 0. The van der Waals surface area contributed by atoms with Crippen LogP contribution in [0.15, 0.2) is 30.5 Å². The van der Waals surface area contributed by atoms with E-state index >= 15 is 0 Å². The quantitative estimate of drug-likeness (QED) is 0.749. The van der Waals surface area contributed by atoms with E-state index in [2.05, 4.69) is 20.7 Å². The molecular formula is C21H26ClN3O2S. The van der Waals surface area contributed by atoms with Crippen molar-refractivity contribution in [1.29, 1.82) is 0 Å². The lowest BCUT2D eigenvalue weighted by molar-refractivity contribution is 0.0491. The second-order valence-electron chi connectivity index (χ2n) is 8.61. The molecule has 2 bridgehead atoms. The summed E-state index contributed by atoms with van der Waals surface area (Å²) in [6.45, 7) is 6.50. The Morgan fingerprint density at radius 2 is 2.18 bits per heavy atom. The molecule has 3 unspecified atom stereocenters. The number of halogens is 1. The third-order valence-corrected chi connectivity index (χ3v) is 6.60. The highest BCUT2D eigenvalue weighted by Gasteiger charge is 2.47. The van der Waals surface area contributed by atoms with Crippen LogP contribution in [0.1, 0.15) is 45.6 Å². The second kappa shape index (κ2) is 7.65. The molecule has 2 aromatic rings. The van der Waals surface area contributed by atoms with Crippen LogP contribution in [0.5, 0.6) is 0 Å². The van der Waals surface area contributed by atoms with Crippen LogP contribution in [0.4, 0.5) is 4.79 Å². The van der Waals surface area contributed by atoms with E-state index in [1.807, 2.05) is 45.2 Å². The van der Waals surface area contributed by atoms with Crippen molar-refractivity contribution >= 4 is 29.2 Å². The van der Waals surface area contributed by atoms with Gasteiger partial charge in [0.05, 0.1) is 4.88 Å². The normalized spacial score (nSPS) is 24.5. The molecule has 0 aliphatic carbocycles. The average Bonchev–Trinajstić information content (AvgIpc) is 3.30. The predicted octanol–water partition coefficient (Wildman–Crippen LogP) is 5.09. The van der Waals surface area contributed by atoms with E-state index in [-0.39, 0.29) is 12.1 Å². The average molecular weight is 420 g/mol. The van der Waals surface area contributed by atoms with Crippen LogP contribution in [0.2, 0.25) is 5.02 Å². The molecule has 3 atom stereocenters. The van der Waals surface area contributed by atoms with Gasteiger partial charge in [0, 0.05) is 41.5 Å². The van der Waals surface area contributed by atoms with Crippen molar-refractivity contribution in [2.45, 2.75) is 70.3 Å². The first-order chi connectivity index (χ1) is 13.3. The standard InChI is InChI=1S/C21H26ClN3O2S/c1-21(2,3)27-20(26)24-16-11-14-7-8-17(16)25(14)12-13-5-4-6-15(22)19(13)18-9-10-23-28-18/h4-6,9-10,14,16-17H,7-8,11-12H2,1-3H3,(H,24,26). The SMILES string of the molecule is CC(C)(C)OC(=O)NC1CC2CCC1N2Cc1cccc(Cl)c1-c1ccns1. The first kappa shape index (κ1) is 19.7. The second-order valence-corrected chi connectivity index (χ2v) is 9.85. The maximum atomic E-state index is 12.2. The molecule has 28 heavy (non-hydrogen) atoms. The van der Waals surface area contributed by atoms with E-state index in [0.717, 1.165) is 34.8 Å². The van der Waals surface area contributed by atoms with Gasteiger partial charge in [-0.3, -0.25) is 4.90 Å². The molecule has 7 heteroatoms. The number of nitrogens with zero attached hydrogens (tertiary/aromatic N) is 2. The van der Waals surface area contributed by atoms with Gasteiger partial charge >= 0.3 is 6.09 Å². The van der Waals surface area contributed by atoms with Gasteiger partial charge in [-0.1, -0.05) is 23.7 Å². The lowest BCUT2D eigenvalue weighted by Gasteiger charge is -2.27. The maximum Gasteiger partial charge on any atom is 0.407 e. The molecule has 3 heterocycles. The summed E-state index contributed by atoms with van der Waals surface area (Å²) in [6, 6.07) is 9.07. The summed E-state index contributed by atoms with van der Waals surface area (Å²) in [5.74, 6) is 0. The van der Waals surface area contributed by atoms with E-state index in [0.29, 0.717) is 12.1 Å². The number of carbonyl (C=O) groups is 1. The fraction of sp³-hybridized carbons (Fsp3) is 0.524. The third-order valence-electron chi connectivity index (χ3n) is 5.52. The minimum absolute atomic E-state index is 0.139. The zero-order valence-electron chi connectivity index (χ0n) is 16.4. The Balaban J connectivity index is 1.50. The number of rotatable bonds is 4. The van der Waals surface area contributed by atoms with Crippen LogP contribution in [0.3, 0.4) is 0 Å². The first-order valence-corrected chi connectivity index (χ1v) is 10.9. The summed E-state index contributed by atoms with van der Waals surface area (Å²) in [4.78, 5) is 15.9. The number of hydrogen-bond acceptors (Lipinski definition) is 5. The van der Waals surface area contributed by atoms with Crippen LogP contribution in [-0.4, -0.2) is 39.1 Å². The number of carbonyl (C=O) groups excluding carboxylic acids is 1. The maximum absolute atomic E-state index is 12.2. The minimum Gasteiger partial charge on any atom is -0.444 e. The number of nitrogens with one attached hydrogen (secondary N) is 1. The molecule has 1 N–H and O–H groups in total. The summed E-state index contributed by atoms with van der Waals surface area (Å²) in [5, 5.41) is 3.86. The van der Waals surface area contributed by atoms with E-state index in [9.17, 15) is 4.79 Å². The molecule has 1 aromatic heterocycles. The van der Waals surface area contributed by atoms with Crippen LogP contribution >= 0.6 is 23.1 Å². The van der Waals surface area contributed by atoms with Crippen molar-refractivity contribution in [3.63, 3.8) is 0 Å². The number of alkyl carbamates (subject to hydrolysis) is 1. The fourth-order valence-corrected chi connectivity index (χ4v) is 5.52. The zero-order chi connectivity index (χ0) is 19.9. The largest absolute Gasteiger partial charge is 0.444 e. The van der Waals surface area contributed by atoms with Gasteiger partial charge in [0.2, 0.25) is 0 Å². The van der Waals surface area contributed by atoms with E-state index in [1.54, 1.807) is 0 Å². The van der Waals surface area contributed by atoms with Crippen LogP contribution < -0.4 is 5.32 Å². The fourth-order valence-electron chi connectivity index (χ4n) is 4.48. The molecule has 4 rings (SSSR count). The molecule has 0 saturated carbocycles. The van der Waals surface area contributed by atoms with Gasteiger partial charge in [-0.2, -0.15) is 0 Å². The van der Waals surface area contributed by atoms with Crippen molar-refractivity contribution in [2.24, 2.45) is 0 Å². The Labute approximate surface area is 175 Å². The highest BCUT2D eigenvalue weighted by atomic mass is 35.5. The van der Waals surface area contributed by atoms with Crippen LogP contribution in [0.25, 0.3) is 10.4 Å². The number of ether oxygens (including phenoxy) is 1. The molecule has 2 fully saturated rings. The lowest BCUT2D eigenvalue weighted by Crippen LogP contribution is -2.45. The molecular weight excluding hydrogens is 394 g/mol. The summed E-state index contributed by atoms with van der Waals surface area (Å²) < 4.78 is 9.69. The van der Waals surface area contributed by atoms with Gasteiger partial charge in [0.25, 0.3) is 0 Å². The van der Waals surface area contributed by atoms with Crippen LogP contribution in [0, 0.1) is 0 Å². The summed E-state index contributed by atoms with van der Waals surface area (Å²) >= 11 is 8.01. The lowest BCUT2D eigenvalue weighted by atomic mass is 9.96. The molecule has 5 nitrogen and oxygen atoms in total. The van der Waals surface area contributed by atoms with Crippen LogP contribution in [-0.2, 0) is 11.3 Å².